The number of nitrogens with one attached hydrogen (secondary N) is 2. The summed E-state index contributed by atoms with van der Waals surface area (Å²) in [6.07, 6.45) is 0.331. The number of hydrogen-bond acceptors (Lipinski definition) is 4. The summed E-state index contributed by atoms with van der Waals surface area (Å²) in [5.74, 6) is 0. The highest BCUT2D eigenvalue weighted by Crippen LogP contribution is 2.06. The molecule has 1 aromatic carbocycles. The first-order valence-corrected chi connectivity index (χ1v) is 7.26. The van der Waals surface area contributed by atoms with Gasteiger partial charge in [0.1, 0.15) is 5.60 Å². The molecule has 0 radical (unpaired) electrons. The van der Waals surface area contributed by atoms with Crippen molar-refractivity contribution < 1.29 is 14.6 Å². The number of ether oxygens (including phenoxy) is 1. The smallest absolute Gasteiger partial charge is 0.407 e. The fourth-order valence-electron chi connectivity index (χ4n) is 1.85. The van der Waals surface area contributed by atoms with Gasteiger partial charge in [0.2, 0.25) is 0 Å². The van der Waals surface area contributed by atoms with Gasteiger partial charge >= 0.3 is 6.09 Å². The number of amides is 1. The fourth-order valence-corrected chi connectivity index (χ4v) is 1.85. The Bertz CT molecular complexity index is 415. The van der Waals surface area contributed by atoms with Crippen molar-refractivity contribution in [3.05, 3.63) is 35.9 Å². The van der Waals surface area contributed by atoms with Gasteiger partial charge in [-0.3, -0.25) is 0 Å². The zero-order valence-corrected chi connectivity index (χ0v) is 13.1. The van der Waals surface area contributed by atoms with E-state index in [2.05, 4.69) is 10.6 Å². The molecule has 1 amide bonds. The number of carbonyl (C=O) groups is 1. The first-order chi connectivity index (χ1) is 9.90. The Morgan fingerprint density at radius 1 is 1.24 bits per heavy atom. The molecule has 0 aromatic heterocycles. The van der Waals surface area contributed by atoms with E-state index in [1.54, 1.807) is 0 Å². The zero-order valence-electron chi connectivity index (χ0n) is 13.1. The minimum atomic E-state index is -0.488. The lowest BCUT2D eigenvalue weighted by Crippen LogP contribution is -2.41. The molecular weight excluding hydrogens is 268 g/mol. The largest absolute Gasteiger partial charge is 0.444 e. The van der Waals surface area contributed by atoms with E-state index in [1.807, 2.05) is 51.1 Å². The summed E-state index contributed by atoms with van der Waals surface area (Å²) in [5.41, 5.74) is 0.683. The minimum absolute atomic E-state index is 0.0205. The SMILES string of the molecule is CC(C)(C)OC(=O)NCCNC(CO)Cc1ccccc1. The number of carbonyl (C=O) groups excluding carboxylic acids is 1. The van der Waals surface area contributed by atoms with E-state index >= 15 is 0 Å². The van der Waals surface area contributed by atoms with Gasteiger partial charge in [0.25, 0.3) is 0 Å². The monoisotopic (exact) mass is 294 g/mol. The van der Waals surface area contributed by atoms with Crippen LogP contribution < -0.4 is 10.6 Å². The maximum Gasteiger partial charge on any atom is 0.407 e. The van der Waals surface area contributed by atoms with Crippen LogP contribution in [-0.4, -0.2) is 42.5 Å². The molecule has 0 spiro atoms. The Hall–Kier alpha value is -1.59. The first kappa shape index (κ1) is 17.5. The van der Waals surface area contributed by atoms with Crippen molar-refractivity contribution in [2.75, 3.05) is 19.7 Å². The van der Waals surface area contributed by atoms with Crippen LogP contribution in [-0.2, 0) is 11.2 Å². The van der Waals surface area contributed by atoms with Gasteiger partial charge in [0.15, 0.2) is 0 Å². The number of rotatable bonds is 7. The quantitative estimate of drug-likeness (QED) is 0.670. The highest BCUT2D eigenvalue weighted by atomic mass is 16.6. The van der Waals surface area contributed by atoms with Crippen molar-refractivity contribution in [3.8, 4) is 0 Å². The van der Waals surface area contributed by atoms with Crippen LogP contribution >= 0.6 is 0 Å². The summed E-state index contributed by atoms with van der Waals surface area (Å²) in [4.78, 5) is 11.5. The molecule has 5 heteroatoms. The summed E-state index contributed by atoms with van der Waals surface area (Å²) >= 11 is 0. The maximum atomic E-state index is 11.5. The first-order valence-electron chi connectivity index (χ1n) is 7.26. The van der Waals surface area contributed by atoms with Crippen LogP contribution in [0.3, 0.4) is 0 Å². The molecule has 1 unspecified atom stereocenters. The second-order valence-corrected chi connectivity index (χ2v) is 5.95. The highest BCUT2D eigenvalue weighted by Gasteiger charge is 2.15. The van der Waals surface area contributed by atoms with Gasteiger partial charge in [-0.05, 0) is 32.8 Å². The predicted molar refractivity (Wildman–Crippen MR) is 83.3 cm³/mol. The molecular formula is C16H26N2O3. The van der Waals surface area contributed by atoms with Gasteiger partial charge in [-0.2, -0.15) is 0 Å². The van der Waals surface area contributed by atoms with E-state index in [0.717, 1.165) is 6.42 Å². The number of hydrogen-bond donors (Lipinski definition) is 3. The molecule has 1 aromatic rings. The van der Waals surface area contributed by atoms with E-state index in [4.69, 9.17) is 4.74 Å². The van der Waals surface area contributed by atoms with Crippen LogP contribution in [0.1, 0.15) is 26.3 Å². The molecule has 118 valence electrons. The third-order valence-corrected chi connectivity index (χ3v) is 2.77. The van der Waals surface area contributed by atoms with Crippen molar-refractivity contribution in [1.29, 1.82) is 0 Å². The zero-order chi connectivity index (χ0) is 15.7. The molecule has 1 atom stereocenters. The van der Waals surface area contributed by atoms with Crippen molar-refractivity contribution >= 4 is 6.09 Å². The van der Waals surface area contributed by atoms with Crippen LogP contribution in [0.2, 0.25) is 0 Å². The van der Waals surface area contributed by atoms with Crippen molar-refractivity contribution in [2.45, 2.75) is 38.8 Å². The van der Waals surface area contributed by atoms with E-state index in [1.165, 1.54) is 5.56 Å². The minimum Gasteiger partial charge on any atom is -0.444 e. The maximum absolute atomic E-state index is 11.5. The molecule has 0 aliphatic carbocycles. The predicted octanol–water partition coefficient (Wildman–Crippen LogP) is 1.70. The van der Waals surface area contributed by atoms with E-state index in [0.29, 0.717) is 13.1 Å². The average Bonchev–Trinajstić information content (AvgIpc) is 2.41. The second kappa shape index (κ2) is 8.64. The molecule has 21 heavy (non-hydrogen) atoms. The molecule has 0 aliphatic heterocycles. The standard InChI is InChI=1S/C16H26N2O3/c1-16(2,3)21-15(20)18-10-9-17-14(12-19)11-13-7-5-4-6-8-13/h4-8,14,17,19H,9-12H2,1-3H3,(H,18,20). The van der Waals surface area contributed by atoms with E-state index in [-0.39, 0.29) is 12.6 Å². The summed E-state index contributed by atoms with van der Waals surface area (Å²) in [7, 11) is 0. The molecule has 0 fully saturated rings. The Labute approximate surface area is 126 Å². The number of benzene rings is 1. The lowest BCUT2D eigenvalue weighted by molar-refractivity contribution is 0.0527. The molecule has 5 nitrogen and oxygen atoms in total. The average molecular weight is 294 g/mol. The third kappa shape index (κ3) is 8.32. The van der Waals surface area contributed by atoms with Crippen LogP contribution in [0.4, 0.5) is 4.79 Å². The number of aliphatic hydroxyl groups is 1. The summed E-state index contributed by atoms with van der Waals surface area (Å²) in [6.45, 7) is 6.57. The number of alkyl carbamates (subject to hydrolysis) is 1. The molecule has 0 heterocycles. The lowest BCUT2D eigenvalue weighted by Gasteiger charge is -2.20. The normalized spacial score (nSPS) is 12.8. The molecule has 0 bridgehead atoms. The van der Waals surface area contributed by atoms with Crippen LogP contribution in [0, 0.1) is 0 Å². The topological polar surface area (TPSA) is 70.6 Å². The van der Waals surface area contributed by atoms with Gasteiger partial charge in [0, 0.05) is 19.1 Å². The Balaban J connectivity index is 2.22. The lowest BCUT2D eigenvalue weighted by atomic mass is 10.1. The number of aliphatic hydroxyl groups excluding tert-OH is 1. The van der Waals surface area contributed by atoms with Gasteiger partial charge < -0.3 is 20.5 Å². The van der Waals surface area contributed by atoms with Crippen molar-refractivity contribution in [1.82, 2.24) is 10.6 Å². The van der Waals surface area contributed by atoms with Gasteiger partial charge in [0.05, 0.1) is 6.61 Å². The fraction of sp³-hybridized carbons (Fsp3) is 0.562. The van der Waals surface area contributed by atoms with Crippen molar-refractivity contribution in [3.63, 3.8) is 0 Å². The molecule has 3 N–H and O–H groups in total. The van der Waals surface area contributed by atoms with Gasteiger partial charge in [-0.25, -0.2) is 4.79 Å². The summed E-state index contributed by atoms with van der Waals surface area (Å²) < 4.78 is 5.14. The summed E-state index contributed by atoms with van der Waals surface area (Å²) in [6, 6.07) is 9.97. The molecule has 0 aliphatic rings. The Morgan fingerprint density at radius 2 is 1.90 bits per heavy atom. The van der Waals surface area contributed by atoms with E-state index < -0.39 is 11.7 Å². The molecule has 0 saturated carbocycles. The van der Waals surface area contributed by atoms with Crippen LogP contribution in [0.25, 0.3) is 0 Å². The molecule has 0 saturated heterocycles. The molecule has 1 rings (SSSR count). The van der Waals surface area contributed by atoms with Crippen molar-refractivity contribution in [2.24, 2.45) is 0 Å². The Morgan fingerprint density at radius 3 is 2.48 bits per heavy atom. The Kier molecular flexibility index (Phi) is 7.19. The van der Waals surface area contributed by atoms with E-state index in [9.17, 15) is 9.90 Å². The van der Waals surface area contributed by atoms with Gasteiger partial charge in [-0.1, -0.05) is 30.3 Å². The van der Waals surface area contributed by atoms with Crippen LogP contribution in [0.5, 0.6) is 0 Å². The van der Waals surface area contributed by atoms with Gasteiger partial charge in [-0.15, -0.1) is 0 Å². The highest BCUT2D eigenvalue weighted by molar-refractivity contribution is 5.67. The summed E-state index contributed by atoms with van der Waals surface area (Å²) in [5, 5.41) is 15.3. The second-order valence-electron chi connectivity index (χ2n) is 5.95. The van der Waals surface area contributed by atoms with Crippen LogP contribution in [0.15, 0.2) is 30.3 Å². The third-order valence-electron chi connectivity index (χ3n) is 2.77.